The van der Waals surface area contributed by atoms with Crippen LogP contribution in [0.25, 0.3) is 78.5 Å². The summed E-state index contributed by atoms with van der Waals surface area (Å²) in [6.07, 6.45) is 18.6. The molecule has 16 aromatic rings. The summed E-state index contributed by atoms with van der Waals surface area (Å²) < 4.78 is 40.6. The van der Waals surface area contributed by atoms with Crippen molar-refractivity contribution in [2.45, 2.75) is 101 Å². The van der Waals surface area contributed by atoms with Crippen molar-refractivity contribution in [2.24, 2.45) is 0 Å². The number of pyridine rings is 4. The van der Waals surface area contributed by atoms with Crippen molar-refractivity contribution >= 4 is 69.0 Å². The Labute approximate surface area is 718 Å². The zero-order valence-corrected chi connectivity index (χ0v) is 69.8. The highest BCUT2D eigenvalue weighted by Crippen LogP contribution is 2.42. The molecule has 0 saturated heterocycles. The Balaban J connectivity index is 0.000000127. The summed E-state index contributed by atoms with van der Waals surface area (Å²) in [4.78, 5) is 57.3. The lowest BCUT2D eigenvalue weighted by atomic mass is 9.98. The number of Topliss-reactive ketones (excluding diaryl/α,β-unsaturated/α-hetero) is 1. The zero-order chi connectivity index (χ0) is 85.5. The van der Waals surface area contributed by atoms with Crippen molar-refractivity contribution in [3.8, 4) is 67.4 Å². The van der Waals surface area contributed by atoms with Crippen molar-refractivity contribution in [1.82, 2.24) is 45.1 Å². The number of ketones is 2. The van der Waals surface area contributed by atoms with Crippen molar-refractivity contribution in [3.63, 3.8) is 0 Å². The van der Waals surface area contributed by atoms with E-state index in [1.807, 2.05) is 206 Å². The molecule has 9 aromatic heterocycles. The van der Waals surface area contributed by atoms with Crippen molar-refractivity contribution in [3.05, 3.63) is 384 Å². The molecule has 21 nitrogen and oxygen atoms in total. The number of benzene rings is 7. The van der Waals surface area contributed by atoms with Crippen LogP contribution in [0.15, 0.2) is 267 Å². The monoisotopic (exact) mass is 1670 g/mol. The topological polar surface area (TPSA) is 280 Å². The number of carboxylic acids is 1. The number of halogens is 2. The molecular formula is C100H81Cl2N9O12. The number of carbonyl (C=O) groups is 3. The predicted octanol–water partition coefficient (Wildman–Crippen LogP) is 22.4. The largest absolute Gasteiger partial charge is 0.489 e. The number of carbonyl (C=O) groups excluding carboxylic acids is 2. The first-order chi connectivity index (χ1) is 59.7. The highest BCUT2D eigenvalue weighted by atomic mass is 35.5. The number of aryl methyl sites for hydroxylation is 8. The first-order valence-corrected chi connectivity index (χ1v) is 40.5. The molecule has 0 bridgehead atoms. The van der Waals surface area contributed by atoms with Gasteiger partial charge in [0, 0.05) is 97.8 Å². The van der Waals surface area contributed by atoms with Gasteiger partial charge in [-0.15, -0.1) is 0 Å². The second kappa shape index (κ2) is 36.2. The van der Waals surface area contributed by atoms with Crippen molar-refractivity contribution in [1.29, 1.82) is 0 Å². The lowest BCUT2D eigenvalue weighted by Gasteiger charge is -2.15. The number of aliphatic hydroxyl groups is 1. The number of nitrogens with zero attached hydrogens (tertiary/aromatic N) is 9. The number of hydrogen-bond donors (Lipinski definition) is 2. The third-order valence-electron chi connectivity index (χ3n) is 21.5. The van der Waals surface area contributed by atoms with E-state index < -0.39 is 12.1 Å². The van der Waals surface area contributed by atoms with Gasteiger partial charge >= 0.3 is 5.97 Å². The van der Waals surface area contributed by atoms with Crippen LogP contribution >= 0.6 is 23.2 Å². The number of aromatic carboxylic acids is 1. The molecule has 0 aliphatic heterocycles. The van der Waals surface area contributed by atoms with Crippen LogP contribution in [-0.2, 0) is 39.1 Å². The first kappa shape index (κ1) is 82.2. The molecule has 3 aliphatic carbocycles. The number of aromatic nitrogens is 9. The SMILES string of the molecule is Cc1noc(C)c1-c1cnc2c(C(=O)c3cccc(OCc4ccccc4)c3)cn(-c3c(Cl)cc(C(=O)O)cc3Cl)c2c1.Cc1noc(C)c1-c1cnc2c(c1)CC=C2.Cc1noc(C)c1-c1cnc2c(c1)CC=C2C(=O)c1cccc(OCc2ccccc2)c1.Cc1noc(C)c1-c1cnc2c(c1)CC=C2C(O)c1cccc(OCc2ccccc2)c1. The van der Waals surface area contributed by atoms with E-state index in [9.17, 15) is 24.6 Å². The van der Waals surface area contributed by atoms with Gasteiger partial charge in [0.2, 0.25) is 0 Å². The standard InChI is InChI=1S/C33H23Cl2N3O5.C27H24N2O3.C27H22N2O3.C13H12N2O/c1-18-29(19(2)43-37-18)23-14-28-30(36-15-23)25(16-38(28)31-26(34)12-22(33(40)41)13-27(31)35)32(39)21-9-6-10-24(11-21)42-17-20-7-4-3-5-8-20;2*1-17-25(18(2)32-29-17)22-13-20-11-12-24(26(20)28-15-22)27(30)21-9-6-10-23(14-21)31-16-19-7-4-3-5-8-19;1-8-13(9(2)16-15-8)11-6-10-4-3-5-12(10)14-7-11/h3-16H,17H2,1-2H3,(H,40,41);3-10,12-15,27,30H,11,16H2,1-2H3;3-10,12-15H,11,16H2,1-2H3;3,5-7H,4H2,1-2H3. The Hall–Kier alpha value is -14.5. The zero-order valence-electron chi connectivity index (χ0n) is 68.3. The number of fused-ring (bicyclic) bond motifs is 4. The molecule has 612 valence electrons. The fourth-order valence-electron chi connectivity index (χ4n) is 15.5. The molecule has 7 aromatic carbocycles. The minimum absolute atomic E-state index is 0.0495. The molecule has 3 aliphatic rings. The molecule has 19 rings (SSSR count). The third kappa shape index (κ3) is 17.9. The van der Waals surface area contributed by atoms with Gasteiger partial charge in [-0.2, -0.15) is 0 Å². The molecule has 9 heterocycles. The molecule has 2 N–H and O–H groups in total. The van der Waals surface area contributed by atoms with E-state index in [0.717, 1.165) is 148 Å². The summed E-state index contributed by atoms with van der Waals surface area (Å²) in [5.74, 6) is 3.44. The van der Waals surface area contributed by atoms with Crippen LogP contribution in [0, 0.1) is 55.4 Å². The highest BCUT2D eigenvalue weighted by molar-refractivity contribution is 6.38. The predicted molar refractivity (Wildman–Crippen MR) is 471 cm³/mol. The fraction of sp³-hybridized carbons (Fsp3) is 0.150. The Kier molecular flexibility index (Phi) is 24.2. The van der Waals surface area contributed by atoms with Gasteiger partial charge in [-0.05, 0) is 192 Å². The average Bonchev–Trinajstić information content (AvgIpc) is 1.60. The smallest absolute Gasteiger partial charge is 0.335 e. The summed E-state index contributed by atoms with van der Waals surface area (Å²) in [6, 6.07) is 62.5. The van der Waals surface area contributed by atoms with Crippen molar-refractivity contribution in [2.75, 3.05) is 0 Å². The summed E-state index contributed by atoms with van der Waals surface area (Å²) in [5.41, 5.74) is 24.8. The second-order valence-electron chi connectivity index (χ2n) is 29.9. The summed E-state index contributed by atoms with van der Waals surface area (Å²) in [6.45, 7) is 16.5. The Morgan fingerprint density at radius 2 is 0.878 bits per heavy atom. The van der Waals surface area contributed by atoms with Gasteiger partial charge in [0.05, 0.1) is 77.8 Å². The first-order valence-electron chi connectivity index (χ1n) is 39.8. The number of rotatable bonds is 21. The van der Waals surface area contributed by atoms with E-state index >= 15 is 0 Å². The van der Waals surface area contributed by atoms with E-state index in [-0.39, 0.29) is 27.2 Å². The molecule has 0 radical (unpaired) electrons. The highest BCUT2D eigenvalue weighted by Gasteiger charge is 2.30. The number of allylic oxidation sites excluding steroid dienone is 4. The lowest BCUT2D eigenvalue weighted by molar-refractivity contribution is 0.0696. The quantitative estimate of drug-likeness (QED) is 0.0632. The van der Waals surface area contributed by atoms with E-state index in [0.29, 0.717) is 93.7 Å². The van der Waals surface area contributed by atoms with Gasteiger partial charge in [0.25, 0.3) is 0 Å². The molecule has 1 atom stereocenters. The van der Waals surface area contributed by atoms with E-state index in [2.05, 4.69) is 67.0 Å². The molecule has 0 saturated carbocycles. The molecule has 1 unspecified atom stereocenters. The molecule has 123 heavy (non-hydrogen) atoms. The molecular weight excluding hydrogens is 1590 g/mol. The Morgan fingerprint density at radius 3 is 1.37 bits per heavy atom. The molecule has 0 fully saturated rings. The lowest BCUT2D eigenvalue weighted by Crippen LogP contribution is -2.04. The van der Waals surface area contributed by atoms with Gasteiger partial charge in [-0.3, -0.25) is 29.5 Å². The molecule has 0 spiro atoms. The van der Waals surface area contributed by atoms with Gasteiger partial charge in [0.15, 0.2) is 11.6 Å². The van der Waals surface area contributed by atoms with Crippen LogP contribution in [-0.4, -0.2) is 72.9 Å². The average molecular weight is 1670 g/mol. The van der Waals surface area contributed by atoms with Crippen LogP contribution < -0.4 is 14.2 Å². The van der Waals surface area contributed by atoms with Crippen molar-refractivity contribution < 1.29 is 56.9 Å². The van der Waals surface area contributed by atoms with Gasteiger partial charge in [0.1, 0.15) is 66.2 Å². The van der Waals surface area contributed by atoms with Gasteiger partial charge in [-0.1, -0.05) is 189 Å². The Morgan fingerprint density at radius 1 is 0.447 bits per heavy atom. The number of aliphatic hydroxyl groups excluding tert-OH is 1. The number of carboxylic acid groups (broad SMARTS) is 1. The maximum absolute atomic E-state index is 14.0. The summed E-state index contributed by atoms with van der Waals surface area (Å²) in [5, 5.41) is 36.9. The Bertz CT molecular complexity index is 6700. The van der Waals surface area contributed by atoms with Crippen LogP contribution in [0.5, 0.6) is 17.2 Å². The van der Waals surface area contributed by atoms with Crippen LogP contribution in [0.1, 0.15) is 145 Å². The molecule has 0 amide bonds. The number of ether oxygens (including phenoxy) is 3. The fourth-order valence-corrected chi connectivity index (χ4v) is 16.1. The van der Waals surface area contributed by atoms with Crippen LogP contribution in [0.4, 0.5) is 0 Å². The summed E-state index contributed by atoms with van der Waals surface area (Å²) in [7, 11) is 0. The maximum Gasteiger partial charge on any atom is 0.335 e. The molecule has 23 heteroatoms. The van der Waals surface area contributed by atoms with E-state index in [4.69, 9.17) is 65.5 Å². The minimum atomic E-state index is -1.17. The third-order valence-corrected chi connectivity index (χ3v) is 22.0. The minimum Gasteiger partial charge on any atom is -0.489 e. The van der Waals surface area contributed by atoms with Gasteiger partial charge < -0.3 is 47.1 Å². The summed E-state index contributed by atoms with van der Waals surface area (Å²) >= 11 is 13.2. The van der Waals surface area contributed by atoms with Gasteiger partial charge in [-0.25, -0.2) is 4.79 Å². The number of hydrogen-bond acceptors (Lipinski definition) is 19. The van der Waals surface area contributed by atoms with Crippen LogP contribution in [0.3, 0.4) is 0 Å². The second-order valence-corrected chi connectivity index (χ2v) is 30.7. The van der Waals surface area contributed by atoms with Crippen LogP contribution in [0.2, 0.25) is 10.0 Å². The normalized spacial score (nSPS) is 12.3. The van der Waals surface area contributed by atoms with E-state index in [1.54, 1.807) is 60.4 Å². The van der Waals surface area contributed by atoms with E-state index in [1.165, 1.54) is 17.7 Å². The maximum atomic E-state index is 14.0.